The molecule has 0 aliphatic heterocycles. The summed E-state index contributed by atoms with van der Waals surface area (Å²) in [5.41, 5.74) is 1.08. The first kappa shape index (κ1) is 15.0. The Morgan fingerprint density at radius 2 is 2.05 bits per heavy atom. The van der Waals surface area contributed by atoms with Gasteiger partial charge >= 0.3 is 0 Å². The Hall–Kier alpha value is -1.36. The molecule has 0 bridgehead atoms. The molecule has 0 fully saturated rings. The molecule has 2 rings (SSSR count). The van der Waals surface area contributed by atoms with Gasteiger partial charge < -0.3 is 15.2 Å². The van der Waals surface area contributed by atoms with E-state index in [4.69, 9.17) is 4.74 Å². The summed E-state index contributed by atoms with van der Waals surface area (Å²) in [7, 11) is 0. The van der Waals surface area contributed by atoms with Crippen molar-refractivity contribution >= 4 is 11.3 Å². The molecule has 1 heterocycles. The zero-order valence-electron chi connectivity index (χ0n) is 11.7. The molecule has 1 unspecified atom stereocenters. The molecule has 2 N–H and O–H groups in total. The second-order valence-electron chi connectivity index (χ2n) is 4.61. The summed E-state index contributed by atoms with van der Waals surface area (Å²) < 4.78 is 5.56. The molecule has 20 heavy (non-hydrogen) atoms. The summed E-state index contributed by atoms with van der Waals surface area (Å²) in [6, 6.07) is 12.0. The summed E-state index contributed by atoms with van der Waals surface area (Å²) in [5.74, 6) is 0.880. The fraction of sp³-hybridized carbons (Fsp3) is 0.375. The summed E-state index contributed by atoms with van der Waals surface area (Å²) in [5, 5.41) is 15.0. The van der Waals surface area contributed by atoms with Gasteiger partial charge in [0.25, 0.3) is 0 Å². The SMILES string of the molecule is CCCOc1ccc(C(CO)NCc2cccs2)cc1. The fourth-order valence-electron chi connectivity index (χ4n) is 1.94. The van der Waals surface area contributed by atoms with E-state index < -0.39 is 0 Å². The van der Waals surface area contributed by atoms with Gasteiger partial charge in [-0.1, -0.05) is 25.1 Å². The number of aliphatic hydroxyl groups excluding tert-OH is 1. The van der Waals surface area contributed by atoms with Crippen LogP contribution in [0.15, 0.2) is 41.8 Å². The lowest BCUT2D eigenvalue weighted by atomic mass is 10.1. The van der Waals surface area contributed by atoms with E-state index in [-0.39, 0.29) is 12.6 Å². The maximum absolute atomic E-state index is 9.53. The monoisotopic (exact) mass is 291 g/mol. The minimum atomic E-state index is -0.0441. The van der Waals surface area contributed by atoms with Crippen LogP contribution in [0.25, 0.3) is 0 Å². The molecular formula is C16H21NO2S. The van der Waals surface area contributed by atoms with Gasteiger partial charge in [-0.25, -0.2) is 0 Å². The van der Waals surface area contributed by atoms with Crippen molar-refractivity contribution in [1.29, 1.82) is 0 Å². The highest BCUT2D eigenvalue weighted by Gasteiger charge is 2.10. The van der Waals surface area contributed by atoms with Crippen LogP contribution in [0.5, 0.6) is 5.75 Å². The maximum atomic E-state index is 9.53. The normalized spacial score (nSPS) is 12.3. The van der Waals surface area contributed by atoms with E-state index in [9.17, 15) is 5.11 Å². The second kappa shape index (κ2) is 8.04. The maximum Gasteiger partial charge on any atom is 0.119 e. The Labute approximate surface area is 124 Å². The van der Waals surface area contributed by atoms with Crippen molar-refractivity contribution in [3.63, 3.8) is 0 Å². The van der Waals surface area contributed by atoms with E-state index in [1.165, 1.54) is 4.88 Å². The zero-order valence-corrected chi connectivity index (χ0v) is 12.5. The Morgan fingerprint density at radius 3 is 2.65 bits per heavy atom. The van der Waals surface area contributed by atoms with Gasteiger partial charge in [0.15, 0.2) is 0 Å². The highest BCUT2D eigenvalue weighted by atomic mass is 32.1. The van der Waals surface area contributed by atoms with E-state index in [0.717, 1.165) is 30.9 Å². The van der Waals surface area contributed by atoms with Crippen LogP contribution in [0.2, 0.25) is 0 Å². The second-order valence-corrected chi connectivity index (χ2v) is 5.65. The van der Waals surface area contributed by atoms with E-state index >= 15 is 0 Å². The summed E-state index contributed by atoms with van der Waals surface area (Å²) >= 11 is 1.72. The highest BCUT2D eigenvalue weighted by Crippen LogP contribution is 2.19. The van der Waals surface area contributed by atoms with Gasteiger partial charge in [0.05, 0.1) is 19.3 Å². The number of rotatable bonds is 8. The van der Waals surface area contributed by atoms with Gasteiger partial charge in [-0.2, -0.15) is 0 Å². The third-order valence-corrected chi connectivity index (χ3v) is 3.92. The molecule has 0 aliphatic rings. The number of hydrogen-bond donors (Lipinski definition) is 2. The van der Waals surface area contributed by atoms with Gasteiger partial charge in [0.2, 0.25) is 0 Å². The zero-order chi connectivity index (χ0) is 14.2. The van der Waals surface area contributed by atoms with Gasteiger partial charge in [0.1, 0.15) is 5.75 Å². The molecule has 4 heteroatoms. The molecule has 0 saturated carbocycles. The van der Waals surface area contributed by atoms with Crippen molar-refractivity contribution in [1.82, 2.24) is 5.32 Å². The van der Waals surface area contributed by atoms with Crippen molar-refractivity contribution < 1.29 is 9.84 Å². The summed E-state index contributed by atoms with van der Waals surface area (Å²) in [6.07, 6.45) is 1.00. The molecule has 0 amide bonds. The standard InChI is InChI=1S/C16H21NO2S/c1-2-9-19-14-7-5-13(6-8-14)16(12-18)17-11-15-4-3-10-20-15/h3-8,10,16-18H,2,9,11-12H2,1H3. The predicted octanol–water partition coefficient (Wildman–Crippen LogP) is 3.36. The Bertz CT molecular complexity index is 482. The molecule has 0 spiro atoms. The van der Waals surface area contributed by atoms with Crippen LogP contribution >= 0.6 is 11.3 Å². The number of thiophene rings is 1. The fourth-order valence-corrected chi connectivity index (χ4v) is 2.60. The largest absolute Gasteiger partial charge is 0.494 e. The van der Waals surface area contributed by atoms with Gasteiger partial charge in [0, 0.05) is 11.4 Å². The molecule has 1 atom stereocenters. The number of aliphatic hydroxyl groups is 1. The lowest BCUT2D eigenvalue weighted by molar-refractivity contribution is 0.243. The smallest absolute Gasteiger partial charge is 0.119 e. The third-order valence-electron chi connectivity index (χ3n) is 3.04. The van der Waals surface area contributed by atoms with Gasteiger partial charge in [-0.15, -0.1) is 11.3 Å². The lowest BCUT2D eigenvalue weighted by Gasteiger charge is -2.16. The van der Waals surface area contributed by atoms with Crippen LogP contribution in [0.4, 0.5) is 0 Å². The topological polar surface area (TPSA) is 41.5 Å². The summed E-state index contributed by atoms with van der Waals surface area (Å²) in [6.45, 7) is 3.68. The molecule has 0 saturated heterocycles. The molecule has 1 aromatic heterocycles. The van der Waals surface area contributed by atoms with Gasteiger partial charge in [-0.05, 0) is 35.6 Å². The number of hydrogen-bond acceptors (Lipinski definition) is 4. The Kier molecular flexibility index (Phi) is 6.05. The average Bonchev–Trinajstić information content (AvgIpc) is 3.00. The molecule has 3 nitrogen and oxygen atoms in total. The highest BCUT2D eigenvalue weighted by molar-refractivity contribution is 7.09. The van der Waals surface area contributed by atoms with Crippen molar-refractivity contribution in [2.45, 2.75) is 25.9 Å². The summed E-state index contributed by atoms with van der Waals surface area (Å²) in [4.78, 5) is 1.27. The van der Waals surface area contributed by atoms with E-state index in [1.807, 2.05) is 30.3 Å². The minimum absolute atomic E-state index is 0.0441. The van der Waals surface area contributed by atoms with E-state index in [1.54, 1.807) is 11.3 Å². The van der Waals surface area contributed by atoms with E-state index in [2.05, 4.69) is 23.7 Å². The molecule has 108 valence electrons. The van der Waals surface area contributed by atoms with E-state index in [0.29, 0.717) is 0 Å². The van der Waals surface area contributed by atoms with Crippen LogP contribution in [0, 0.1) is 0 Å². The van der Waals surface area contributed by atoms with Crippen LogP contribution in [-0.2, 0) is 6.54 Å². The van der Waals surface area contributed by atoms with Crippen LogP contribution in [-0.4, -0.2) is 18.3 Å². The molecule has 1 aromatic carbocycles. The quantitative estimate of drug-likeness (QED) is 0.783. The van der Waals surface area contributed by atoms with Crippen molar-refractivity contribution in [2.24, 2.45) is 0 Å². The first-order valence-electron chi connectivity index (χ1n) is 6.93. The van der Waals surface area contributed by atoms with Crippen LogP contribution < -0.4 is 10.1 Å². The van der Waals surface area contributed by atoms with Crippen molar-refractivity contribution in [3.8, 4) is 5.75 Å². The molecule has 2 aromatic rings. The number of benzene rings is 1. The number of ether oxygens (including phenoxy) is 1. The minimum Gasteiger partial charge on any atom is -0.494 e. The molecule has 0 radical (unpaired) electrons. The van der Waals surface area contributed by atoms with Crippen LogP contribution in [0.3, 0.4) is 0 Å². The average molecular weight is 291 g/mol. The lowest BCUT2D eigenvalue weighted by Crippen LogP contribution is -2.23. The van der Waals surface area contributed by atoms with Crippen molar-refractivity contribution in [2.75, 3.05) is 13.2 Å². The third kappa shape index (κ3) is 4.34. The molecular weight excluding hydrogens is 270 g/mol. The van der Waals surface area contributed by atoms with Gasteiger partial charge in [-0.3, -0.25) is 0 Å². The van der Waals surface area contributed by atoms with Crippen LogP contribution in [0.1, 0.15) is 29.8 Å². The Morgan fingerprint density at radius 1 is 1.25 bits per heavy atom. The first-order chi connectivity index (χ1) is 9.83. The predicted molar refractivity (Wildman–Crippen MR) is 83.2 cm³/mol. The first-order valence-corrected chi connectivity index (χ1v) is 7.81. The van der Waals surface area contributed by atoms with Crippen molar-refractivity contribution in [3.05, 3.63) is 52.2 Å². The molecule has 0 aliphatic carbocycles. The number of nitrogens with one attached hydrogen (secondary N) is 1. The Balaban J connectivity index is 1.92.